The molecule has 2 aliphatic rings. The molecular formula is C18H24O2. The average Bonchev–Trinajstić information content (AvgIpc) is 3.28. The molecule has 2 nitrogen and oxygen atoms in total. The van der Waals surface area contributed by atoms with Gasteiger partial charge in [0.15, 0.2) is 0 Å². The van der Waals surface area contributed by atoms with Gasteiger partial charge in [0.2, 0.25) is 0 Å². The van der Waals surface area contributed by atoms with Crippen molar-refractivity contribution < 1.29 is 9.90 Å². The first-order valence-corrected chi connectivity index (χ1v) is 7.98. The zero-order chi connectivity index (χ0) is 14.1. The van der Waals surface area contributed by atoms with Gasteiger partial charge in [-0.1, -0.05) is 43.7 Å². The molecule has 0 bridgehead atoms. The summed E-state index contributed by atoms with van der Waals surface area (Å²) in [4.78, 5) is 11.5. The second-order valence-electron chi connectivity index (χ2n) is 6.61. The molecule has 20 heavy (non-hydrogen) atoms. The number of rotatable bonds is 4. The summed E-state index contributed by atoms with van der Waals surface area (Å²) in [6.45, 7) is 2.24. The lowest BCUT2D eigenvalue weighted by Crippen LogP contribution is -2.32. The Balaban J connectivity index is 1.72. The minimum absolute atomic E-state index is 0.100. The van der Waals surface area contributed by atoms with Gasteiger partial charge in [-0.3, -0.25) is 4.79 Å². The lowest BCUT2D eigenvalue weighted by atomic mass is 9.70. The van der Waals surface area contributed by atoms with Crippen LogP contribution in [0.5, 0.6) is 0 Å². The summed E-state index contributed by atoms with van der Waals surface area (Å²) in [5.41, 5.74) is 1.40. The van der Waals surface area contributed by atoms with Crippen LogP contribution < -0.4 is 0 Å². The summed E-state index contributed by atoms with van der Waals surface area (Å²) in [5.74, 6) is 1.69. The molecule has 1 aromatic carbocycles. The minimum atomic E-state index is -0.566. The van der Waals surface area contributed by atoms with E-state index >= 15 is 0 Å². The molecule has 2 aliphatic carbocycles. The molecule has 0 amide bonds. The van der Waals surface area contributed by atoms with Gasteiger partial charge in [0.05, 0.1) is 5.92 Å². The van der Waals surface area contributed by atoms with E-state index in [1.807, 2.05) is 0 Å². The summed E-state index contributed by atoms with van der Waals surface area (Å²) in [6, 6.07) is 10.6. The van der Waals surface area contributed by atoms with E-state index in [9.17, 15) is 9.90 Å². The molecule has 1 N–H and O–H groups in total. The van der Waals surface area contributed by atoms with Gasteiger partial charge in [0, 0.05) is 0 Å². The molecule has 108 valence electrons. The van der Waals surface area contributed by atoms with Crippen molar-refractivity contribution in [3.8, 4) is 0 Å². The number of hydrogen-bond donors (Lipinski definition) is 1. The zero-order valence-electron chi connectivity index (χ0n) is 12.2. The first-order valence-electron chi connectivity index (χ1n) is 7.98. The maximum absolute atomic E-state index is 11.5. The minimum Gasteiger partial charge on any atom is -0.481 e. The first kappa shape index (κ1) is 13.7. The maximum Gasteiger partial charge on any atom is 0.306 e. The van der Waals surface area contributed by atoms with Crippen molar-refractivity contribution in [3.63, 3.8) is 0 Å². The molecule has 5 atom stereocenters. The van der Waals surface area contributed by atoms with E-state index in [0.29, 0.717) is 17.8 Å². The van der Waals surface area contributed by atoms with Crippen molar-refractivity contribution >= 4 is 5.97 Å². The molecule has 3 rings (SSSR count). The van der Waals surface area contributed by atoms with E-state index in [0.717, 1.165) is 25.2 Å². The summed E-state index contributed by atoms with van der Waals surface area (Å²) in [6.07, 6.45) is 5.51. The number of carbonyl (C=O) groups is 1. The van der Waals surface area contributed by atoms with Crippen molar-refractivity contribution in [2.24, 2.45) is 23.7 Å². The van der Waals surface area contributed by atoms with Gasteiger partial charge in [-0.15, -0.1) is 0 Å². The van der Waals surface area contributed by atoms with E-state index in [2.05, 4.69) is 37.3 Å². The van der Waals surface area contributed by atoms with Crippen LogP contribution in [0.3, 0.4) is 0 Å². The van der Waals surface area contributed by atoms with Gasteiger partial charge in [0.25, 0.3) is 0 Å². The fourth-order valence-corrected chi connectivity index (χ4v) is 4.22. The molecule has 1 aromatic rings. The van der Waals surface area contributed by atoms with Crippen LogP contribution in [0.1, 0.15) is 50.5 Å². The molecule has 0 aromatic heterocycles. The van der Waals surface area contributed by atoms with Crippen molar-refractivity contribution in [1.82, 2.24) is 0 Å². The van der Waals surface area contributed by atoms with Crippen LogP contribution in [0.4, 0.5) is 0 Å². The van der Waals surface area contributed by atoms with E-state index in [4.69, 9.17) is 0 Å². The van der Waals surface area contributed by atoms with Crippen LogP contribution in [0.15, 0.2) is 30.3 Å². The highest BCUT2D eigenvalue weighted by molar-refractivity contribution is 5.70. The highest BCUT2D eigenvalue weighted by Gasteiger charge is 2.49. The quantitative estimate of drug-likeness (QED) is 0.886. The van der Waals surface area contributed by atoms with Crippen LogP contribution in [0.2, 0.25) is 0 Å². The Bertz CT molecular complexity index is 468. The number of carboxylic acids is 1. The van der Waals surface area contributed by atoms with Crippen LogP contribution in [0, 0.1) is 23.7 Å². The molecule has 0 spiro atoms. The molecule has 2 saturated carbocycles. The van der Waals surface area contributed by atoms with E-state index in [1.165, 1.54) is 18.4 Å². The molecule has 2 fully saturated rings. The van der Waals surface area contributed by atoms with Crippen LogP contribution in [-0.2, 0) is 4.79 Å². The predicted octanol–water partition coefficient (Wildman–Crippen LogP) is 4.32. The van der Waals surface area contributed by atoms with Gasteiger partial charge in [-0.05, 0) is 54.9 Å². The third-order valence-corrected chi connectivity index (χ3v) is 5.52. The highest BCUT2D eigenvalue weighted by atomic mass is 16.4. The van der Waals surface area contributed by atoms with Crippen molar-refractivity contribution in [1.29, 1.82) is 0 Å². The lowest BCUT2D eigenvalue weighted by molar-refractivity contribution is -0.145. The van der Waals surface area contributed by atoms with E-state index in [-0.39, 0.29) is 5.92 Å². The Morgan fingerprint density at radius 2 is 1.90 bits per heavy atom. The van der Waals surface area contributed by atoms with Gasteiger partial charge < -0.3 is 5.11 Å². The predicted molar refractivity (Wildman–Crippen MR) is 79.5 cm³/mol. The third kappa shape index (κ3) is 2.61. The van der Waals surface area contributed by atoms with Gasteiger partial charge in [-0.25, -0.2) is 0 Å². The van der Waals surface area contributed by atoms with Gasteiger partial charge in [0.1, 0.15) is 0 Å². The van der Waals surface area contributed by atoms with Crippen molar-refractivity contribution in [2.75, 3.05) is 0 Å². The molecule has 0 aliphatic heterocycles. The molecule has 0 heterocycles. The fourth-order valence-electron chi connectivity index (χ4n) is 4.22. The summed E-state index contributed by atoms with van der Waals surface area (Å²) in [5, 5.41) is 9.50. The largest absolute Gasteiger partial charge is 0.481 e. The highest BCUT2D eigenvalue weighted by Crippen LogP contribution is 2.57. The Hall–Kier alpha value is -1.31. The smallest absolute Gasteiger partial charge is 0.306 e. The Kier molecular flexibility index (Phi) is 3.82. The first-order chi connectivity index (χ1) is 9.70. The van der Waals surface area contributed by atoms with Crippen LogP contribution in [0.25, 0.3) is 0 Å². The lowest BCUT2D eigenvalue weighted by Gasteiger charge is -2.34. The molecular weight excluding hydrogens is 248 g/mol. The topological polar surface area (TPSA) is 37.3 Å². The molecule has 0 saturated heterocycles. The molecule has 0 radical (unpaired) electrons. The maximum atomic E-state index is 11.5. The number of carboxylic acid groups (broad SMARTS) is 1. The van der Waals surface area contributed by atoms with Gasteiger partial charge >= 0.3 is 5.97 Å². The van der Waals surface area contributed by atoms with E-state index < -0.39 is 5.97 Å². The van der Waals surface area contributed by atoms with Crippen LogP contribution in [-0.4, -0.2) is 11.1 Å². The second-order valence-corrected chi connectivity index (χ2v) is 6.61. The monoisotopic (exact) mass is 272 g/mol. The van der Waals surface area contributed by atoms with Crippen molar-refractivity contribution in [3.05, 3.63) is 35.9 Å². The number of hydrogen-bond acceptors (Lipinski definition) is 1. The third-order valence-electron chi connectivity index (χ3n) is 5.52. The summed E-state index contributed by atoms with van der Waals surface area (Å²) < 4.78 is 0. The Labute approximate surface area is 121 Å². The number of benzene rings is 1. The average molecular weight is 272 g/mol. The Morgan fingerprint density at radius 1 is 1.15 bits per heavy atom. The van der Waals surface area contributed by atoms with Gasteiger partial charge in [-0.2, -0.15) is 0 Å². The van der Waals surface area contributed by atoms with Crippen molar-refractivity contribution in [2.45, 2.75) is 44.9 Å². The number of aliphatic carboxylic acids is 1. The molecule has 5 unspecified atom stereocenters. The van der Waals surface area contributed by atoms with E-state index in [1.54, 1.807) is 0 Å². The summed E-state index contributed by atoms with van der Waals surface area (Å²) >= 11 is 0. The standard InChI is InChI=1S/C18H24O2/c1-2-12-8-9-14(18(19)20)16(10-12)17-11-15(17)13-6-4-3-5-7-13/h3-7,12,14-17H,2,8-11H2,1H3,(H,19,20). The fraction of sp³-hybridized carbons (Fsp3) is 0.611. The van der Waals surface area contributed by atoms with Crippen LogP contribution >= 0.6 is 0 Å². The zero-order valence-corrected chi connectivity index (χ0v) is 12.2. The normalized spacial score (nSPS) is 36.5. The molecule has 2 heteroatoms. The SMILES string of the molecule is CCC1CCC(C(=O)O)C(C2CC2c2ccccc2)C1. The second kappa shape index (κ2) is 5.59. The Morgan fingerprint density at radius 3 is 2.55 bits per heavy atom. The summed E-state index contributed by atoms with van der Waals surface area (Å²) in [7, 11) is 0.